The Bertz CT molecular complexity index is 525. The second-order valence-electron chi connectivity index (χ2n) is 7.54. The van der Waals surface area contributed by atoms with Gasteiger partial charge in [0.25, 0.3) is 0 Å². The Morgan fingerprint density at radius 2 is 1.83 bits per heavy atom. The highest BCUT2D eigenvalue weighted by Crippen LogP contribution is 2.20. The average molecular weight is 472 g/mol. The molecule has 0 aliphatic carbocycles. The molecule has 0 spiro atoms. The highest BCUT2D eigenvalue weighted by atomic mass is 127. The number of nitrogens with one attached hydrogen (secondary N) is 1. The van der Waals surface area contributed by atoms with Crippen LogP contribution in [0, 0.1) is 0 Å². The van der Waals surface area contributed by atoms with Gasteiger partial charge in [-0.15, -0.1) is 24.0 Å². The Labute approximate surface area is 164 Å². The van der Waals surface area contributed by atoms with Gasteiger partial charge in [0, 0.05) is 32.7 Å². The molecule has 2 aliphatic rings. The van der Waals surface area contributed by atoms with Gasteiger partial charge in [-0.3, -0.25) is 9.89 Å². The molecule has 2 rings (SSSR count). The lowest BCUT2D eigenvalue weighted by molar-refractivity contribution is 0.249. The van der Waals surface area contributed by atoms with E-state index in [1.807, 2.05) is 0 Å². The molecule has 2 saturated heterocycles. The molecule has 0 aromatic rings. The zero-order valence-electron chi connectivity index (χ0n) is 15.4. The number of nitrogens with zero attached hydrogens (tertiary/aromatic N) is 3. The van der Waals surface area contributed by atoms with Crippen molar-refractivity contribution >= 4 is 39.8 Å². The lowest BCUT2D eigenvalue weighted by Crippen LogP contribution is -2.44. The number of rotatable bonds is 4. The van der Waals surface area contributed by atoms with Crippen LogP contribution >= 0.6 is 24.0 Å². The van der Waals surface area contributed by atoms with Crippen molar-refractivity contribution in [3.63, 3.8) is 0 Å². The maximum atomic E-state index is 12.2. The van der Waals surface area contributed by atoms with E-state index in [4.69, 9.17) is 0 Å². The van der Waals surface area contributed by atoms with E-state index in [1.54, 1.807) is 27.8 Å². The zero-order chi connectivity index (χ0) is 17.1. The summed E-state index contributed by atoms with van der Waals surface area (Å²) in [6.45, 7) is 10.1. The third-order valence-corrected chi connectivity index (χ3v) is 7.53. The van der Waals surface area contributed by atoms with Crippen LogP contribution in [0.25, 0.3) is 0 Å². The molecule has 0 saturated carbocycles. The van der Waals surface area contributed by atoms with Gasteiger partial charge in [-0.25, -0.2) is 8.42 Å². The fourth-order valence-electron chi connectivity index (χ4n) is 3.27. The van der Waals surface area contributed by atoms with Gasteiger partial charge >= 0.3 is 0 Å². The van der Waals surface area contributed by atoms with Crippen molar-refractivity contribution in [2.75, 3.05) is 45.5 Å². The summed E-state index contributed by atoms with van der Waals surface area (Å²) in [6.07, 6.45) is 3.79. The number of hydrogen-bond acceptors (Lipinski definition) is 4. The van der Waals surface area contributed by atoms with Crippen LogP contribution in [0.3, 0.4) is 0 Å². The number of halogens is 1. The maximum Gasteiger partial charge on any atom is 0.193 e. The quantitative estimate of drug-likeness (QED) is 0.382. The molecule has 1 unspecified atom stereocenters. The van der Waals surface area contributed by atoms with Crippen LogP contribution in [-0.4, -0.2) is 80.5 Å². The fraction of sp³-hybridized carbons (Fsp3) is 0.938. The van der Waals surface area contributed by atoms with Crippen LogP contribution in [0.4, 0.5) is 0 Å². The largest absolute Gasteiger partial charge is 0.355 e. The Balaban J connectivity index is 0.00000288. The SMILES string of the molecule is CN=C(NCCS(=O)(=O)C(C)(C)C)N1CCC(N2CCCC2)C1.I. The van der Waals surface area contributed by atoms with E-state index in [2.05, 4.69) is 20.1 Å². The van der Waals surface area contributed by atoms with Gasteiger partial charge < -0.3 is 10.2 Å². The van der Waals surface area contributed by atoms with Crippen LogP contribution in [0.15, 0.2) is 4.99 Å². The summed E-state index contributed by atoms with van der Waals surface area (Å²) in [4.78, 5) is 9.17. The molecular weight excluding hydrogens is 439 g/mol. The van der Waals surface area contributed by atoms with Crippen LogP contribution in [0.1, 0.15) is 40.0 Å². The second kappa shape index (κ2) is 9.02. The van der Waals surface area contributed by atoms with Gasteiger partial charge in [0.2, 0.25) is 0 Å². The number of sulfone groups is 1. The van der Waals surface area contributed by atoms with Gasteiger partial charge in [0.05, 0.1) is 10.5 Å². The lowest BCUT2D eigenvalue weighted by Gasteiger charge is -2.26. The van der Waals surface area contributed by atoms with E-state index in [1.165, 1.54) is 32.4 Å². The topological polar surface area (TPSA) is 65.0 Å². The molecule has 2 fully saturated rings. The van der Waals surface area contributed by atoms with E-state index in [9.17, 15) is 8.42 Å². The normalized spacial score (nSPS) is 23.4. The molecule has 0 bridgehead atoms. The molecule has 0 aromatic heterocycles. The first-order valence-corrected chi connectivity index (χ1v) is 10.3. The predicted molar refractivity (Wildman–Crippen MR) is 111 cm³/mol. The monoisotopic (exact) mass is 472 g/mol. The first-order chi connectivity index (χ1) is 10.7. The Morgan fingerprint density at radius 3 is 2.38 bits per heavy atom. The highest BCUT2D eigenvalue weighted by Gasteiger charge is 2.31. The standard InChI is InChI=1S/C16H32N4O2S.HI/c1-16(2,3)23(21,22)12-8-18-15(17-4)20-11-7-14(13-20)19-9-5-6-10-19;/h14H,5-13H2,1-4H3,(H,17,18);1H. The molecule has 1 atom stereocenters. The van der Waals surface area contributed by atoms with Gasteiger partial charge in [0.1, 0.15) is 0 Å². The average Bonchev–Trinajstić information content (AvgIpc) is 3.12. The molecule has 24 heavy (non-hydrogen) atoms. The summed E-state index contributed by atoms with van der Waals surface area (Å²) in [7, 11) is -1.33. The maximum absolute atomic E-state index is 12.2. The van der Waals surface area contributed by atoms with Crippen LogP contribution < -0.4 is 5.32 Å². The predicted octanol–water partition coefficient (Wildman–Crippen LogP) is 1.56. The van der Waals surface area contributed by atoms with Crippen molar-refractivity contribution in [2.45, 2.75) is 50.8 Å². The molecule has 1 N–H and O–H groups in total. The Morgan fingerprint density at radius 1 is 1.21 bits per heavy atom. The summed E-state index contributed by atoms with van der Waals surface area (Å²) >= 11 is 0. The minimum atomic E-state index is -3.09. The summed E-state index contributed by atoms with van der Waals surface area (Å²) in [6, 6.07) is 0.620. The fourth-order valence-corrected chi connectivity index (χ4v) is 4.26. The molecule has 142 valence electrons. The van der Waals surface area contributed by atoms with Crippen molar-refractivity contribution < 1.29 is 8.42 Å². The molecule has 2 heterocycles. The van der Waals surface area contributed by atoms with Crippen molar-refractivity contribution in [1.29, 1.82) is 0 Å². The third kappa shape index (κ3) is 5.45. The zero-order valence-corrected chi connectivity index (χ0v) is 18.6. The minimum absolute atomic E-state index is 0. The first-order valence-electron chi connectivity index (χ1n) is 8.66. The number of likely N-dealkylation sites (tertiary alicyclic amines) is 2. The van der Waals surface area contributed by atoms with E-state index >= 15 is 0 Å². The lowest BCUT2D eigenvalue weighted by atomic mass is 10.2. The molecule has 6 nitrogen and oxygen atoms in total. The molecular formula is C16H33IN4O2S. The van der Waals surface area contributed by atoms with Crippen molar-refractivity contribution in [3.8, 4) is 0 Å². The molecule has 2 aliphatic heterocycles. The molecule has 8 heteroatoms. The summed E-state index contributed by atoms with van der Waals surface area (Å²) in [5.41, 5.74) is 0. The van der Waals surface area contributed by atoms with Crippen molar-refractivity contribution in [2.24, 2.45) is 4.99 Å². The molecule has 0 aromatic carbocycles. The third-order valence-electron chi connectivity index (χ3n) is 4.92. The van der Waals surface area contributed by atoms with Gasteiger partial charge in [-0.05, 0) is 53.1 Å². The van der Waals surface area contributed by atoms with E-state index in [0.717, 1.165) is 19.0 Å². The smallest absolute Gasteiger partial charge is 0.193 e. The molecule has 0 amide bonds. The number of aliphatic imine (C=N–C) groups is 1. The summed E-state index contributed by atoms with van der Waals surface area (Å²) in [5, 5.41) is 3.23. The van der Waals surface area contributed by atoms with Crippen LogP contribution in [0.5, 0.6) is 0 Å². The second-order valence-corrected chi connectivity index (χ2v) is 10.4. The van der Waals surface area contributed by atoms with Crippen LogP contribution in [0.2, 0.25) is 0 Å². The molecule has 0 radical (unpaired) electrons. The van der Waals surface area contributed by atoms with Gasteiger partial charge in [-0.1, -0.05) is 0 Å². The van der Waals surface area contributed by atoms with Crippen molar-refractivity contribution in [1.82, 2.24) is 15.1 Å². The number of guanidine groups is 1. The van der Waals surface area contributed by atoms with E-state index < -0.39 is 14.6 Å². The van der Waals surface area contributed by atoms with Gasteiger partial charge in [0.15, 0.2) is 15.8 Å². The summed E-state index contributed by atoms with van der Waals surface area (Å²) < 4.78 is 23.6. The Kier molecular flexibility index (Phi) is 8.25. The van der Waals surface area contributed by atoms with E-state index in [-0.39, 0.29) is 29.7 Å². The first kappa shape index (κ1) is 22.0. The minimum Gasteiger partial charge on any atom is -0.355 e. The highest BCUT2D eigenvalue weighted by molar-refractivity contribution is 14.0. The van der Waals surface area contributed by atoms with E-state index in [0.29, 0.717) is 12.6 Å². The van der Waals surface area contributed by atoms with Crippen LogP contribution in [-0.2, 0) is 9.84 Å². The summed E-state index contributed by atoms with van der Waals surface area (Å²) in [5.74, 6) is 0.967. The Hall–Kier alpha value is -0.0900. The van der Waals surface area contributed by atoms with Crippen molar-refractivity contribution in [3.05, 3.63) is 0 Å². The number of hydrogen-bond donors (Lipinski definition) is 1. The van der Waals surface area contributed by atoms with Gasteiger partial charge in [-0.2, -0.15) is 0 Å².